The van der Waals surface area contributed by atoms with Gasteiger partial charge in [0, 0.05) is 0 Å². The van der Waals surface area contributed by atoms with Gasteiger partial charge in [-0.3, -0.25) is 4.79 Å². The number of carbonyl (C=O) groups is 1. The number of hydrogen-bond acceptors (Lipinski definition) is 2. The largest absolute Gasteiger partial charge is 0.455 e. The molecule has 120 valence electrons. The molecule has 0 aromatic carbocycles. The minimum Gasteiger partial charge on any atom is -0.455 e. The van der Waals surface area contributed by atoms with Crippen molar-refractivity contribution in [1.29, 1.82) is 0 Å². The lowest BCUT2D eigenvalue weighted by atomic mass is 10.1. The second-order valence-corrected chi connectivity index (χ2v) is 8.10. The van der Waals surface area contributed by atoms with E-state index in [9.17, 15) is 4.79 Å². The number of alkyl halides is 1. The second kappa shape index (κ2) is 9.04. The highest BCUT2D eigenvalue weighted by molar-refractivity contribution is 9.10. The van der Waals surface area contributed by atoms with Gasteiger partial charge in [0.2, 0.25) is 0 Å². The zero-order chi connectivity index (χ0) is 15.8. The summed E-state index contributed by atoms with van der Waals surface area (Å²) in [5, 5.41) is 0. The zero-order valence-electron chi connectivity index (χ0n) is 14.2. The first-order valence-electron chi connectivity index (χ1n) is 7.99. The lowest BCUT2D eigenvalue weighted by molar-refractivity contribution is -0.925. The molecule has 1 atom stereocenters. The maximum atomic E-state index is 12.1. The van der Waals surface area contributed by atoms with E-state index in [1.165, 1.54) is 0 Å². The summed E-state index contributed by atoms with van der Waals surface area (Å²) in [6, 6.07) is 0. The van der Waals surface area contributed by atoms with Gasteiger partial charge in [-0.1, -0.05) is 29.3 Å². The number of hydrogen-bond donors (Lipinski definition) is 0. The number of likely N-dealkylation sites (N-methyl/N-ethyl adjacent to an activating group) is 1. The van der Waals surface area contributed by atoms with E-state index in [0.717, 1.165) is 49.9 Å². The average molecular weight is 351 g/mol. The molecule has 4 heteroatoms. The highest BCUT2D eigenvalue weighted by atomic mass is 79.9. The van der Waals surface area contributed by atoms with Crippen LogP contribution in [0.2, 0.25) is 0 Å². The number of carbonyl (C=O) groups excluding carboxylic acids is 1. The van der Waals surface area contributed by atoms with Gasteiger partial charge in [0.05, 0.1) is 19.6 Å². The van der Waals surface area contributed by atoms with Crippen molar-refractivity contribution in [1.82, 2.24) is 0 Å². The molecule has 0 aromatic rings. The fraction of sp³-hybridized carbons (Fsp3) is 0.938. The third kappa shape index (κ3) is 6.57. The highest BCUT2D eigenvalue weighted by Gasteiger charge is 2.32. The van der Waals surface area contributed by atoms with Crippen molar-refractivity contribution in [2.45, 2.75) is 71.2 Å². The minimum atomic E-state index is -0.599. The monoisotopic (exact) mass is 350 g/mol. The minimum absolute atomic E-state index is 0.0270. The standard InChI is InChI=1S/C16H33BrNO2/c1-7-11-12-14(20-15(19)16(5,6)17)13-18(8-2,9-3)10-4/h14H,7-13H2,1-6H3/q+1. The van der Waals surface area contributed by atoms with Gasteiger partial charge in [0.15, 0.2) is 6.10 Å². The van der Waals surface area contributed by atoms with Gasteiger partial charge in [0.25, 0.3) is 0 Å². The molecule has 0 amide bonds. The lowest BCUT2D eigenvalue weighted by Crippen LogP contribution is -2.53. The van der Waals surface area contributed by atoms with Gasteiger partial charge in [-0.15, -0.1) is 0 Å². The number of ether oxygens (including phenoxy) is 1. The molecule has 20 heavy (non-hydrogen) atoms. The Morgan fingerprint density at radius 2 is 1.65 bits per heavy atom. The molecule has 0 spiro atoms. The number of quaternary nitrogens is 1. The first-order chi connectivity index (χ1) is 9.24. The molecule has 0 heterocycles. The Morgan fingerprint density at radius 3 is 2.00 bits per heavy atom. The molecule has 0 aliphatic rings. The number of rotatable bonds is 10. The molecule has 0 rings (SSSR count). The maximum Gasteiger partial charge on any atom is 0.322 e. The quantitative estimate of drug-likeness (QED) is 0.336. The molecule has 0 saturated heterocycles. The Labute approximate surface area is 133 Å². The fourth-order valence-electron chi connectivity index (χ4n) is 2.40. The molecule has 3 nitrogen and oxygen atoms in total. The summed E-state index contributed by atoms with van der Waals surface area (Å²) < 4.78 is 6.20. The molecule has 0 radical (unpaired) electrons. The summed E-state index contributed by atoms with van der Waals surface area (Å²) in [5.74, 6) is -0.153. The molecule has 0 fully saturated rings. The molecular formula is C16H33BrNO2+. The highest BCUT2D eigenvalue weighted by Crippen LogP contribution is 2.21. The smallest absolute Gasteiger partial charge is 0.322 e. The summed E-state index contributed by atoms with van der Waals surface area (Å²) in [4.78, 5) is 12.1. The number of unbranched alkanes of at least 4 members (excludes halogenated alkanes) is 1. The van der Waals surface area contributed by atoms with Crippen LogP contribution in [0.25, 0.3) is 0 Å². The Bertz CT molecular complexity index is 274. The van der Waals surface area contributed by atoms with E-state index in [1.54, 1.807) is 0 Å². The van der Waals surface area contributed by atoms with E-state index >= 15 is 0 Å². The van der Waals surface area contributed by atoms with Crippen LogP contribution in [0.5, 0.6) is 0 Å². The molecule has 0 aliphatic heterocycles. The topological polar surface area (TPSA) is 26.3 Å². The maximum absolute atomic E-state index is 12.1. The van der Waals surface area contributed by atoms with Crippen molar-refractivity contribution in [2.24, 2.45) is 0 Å². The summed E-state index contributed by atoms with van der Waals surface area (Å²) >= 11 is 3.39. The molecule has 0 bridgehead atoms. The predicted octanol–water partition coefficient (Wildman–Crippen LogP) is 4.14. The van der Waals surface area contributed by atoms with E-state index in [4.69, 9.17) is 4.74 Å². The third-order valence-electron chi connectivity index (χ3n) is 4.24. The first-order valence-corrected chi connectivity index (χ1v) is 8.79. The van der Waals surface area contributed by atoms with Crippen LogP contribution in [0.1, 0.15) is 60.8 Å². The van der Waals surface area contributed by atoms with Crippen LogP contribution < -0.4 is 0 Å². The number of nitrogens with zero attached hydrogens (tertiary/aromatic N) is 1. The Morgan fingerprint density at radius 1 is 1.15 bits per heavy atom. The molecular weight excluding hydrogens is 318 g/mol. The van der Waals surface area contributed by atoms with E-state index in [2.05, 4.69) is 43.6 Å². The van der Waals surface area contributed by atoms with Crippen LogP contribution in [0.15, 0.2) is 0 Å². The molecule has 0 N–H and O–H groups in total. The van der Waals surface area contributed by atoms with Gasteiger partial charge in [-0.25, -0.2) is 0 Å². The van der Waals surface area contributed by atoms with Crippen LogP contribution in [0, 0.1) is 0 Å². The summed E-state index contributed by atoms with van der Waals surface area (Å²) in [6.07, 6.45) is 3.23. The van der Waals surface area contributed by atoms with E-state index in [1.807, 2.05) is 13.8 Å². The zero-order valence-corrected chi connectivity index (χ0v) is 15.8. The fourth-order valence-corrected chi connectivity index (χ4v) is 2.49. The van der Waals surface area contributed by atoms with Crippen LogP contribution in [0.4, 0.5) is 0 Å². The second-order valence-electron chi connectivity index (χ2n) is 6.11. The summed E-state index contributed by atoms with van der Waals surface area (Å²) in [6.45, 7) is 16.7. The molecule has 0 saturated carbocycles. The normalized spacial score (nSPS) is 14.2. The molecule has 0 aromatic heterocycles. The Kier molecular flexibility index (Phi) is 8.99. The van der Waals surface area contributed by atoms with E-state index < -0.39 is 4.32 Å². The first kappa shape index (κ1) is 19.9. The van der Waals surface area contributed by atoms with Crippen LogP contribution in [-0.4, -0.2) is 47.1 Å². The van der Waals surface area contributed by atoms with Gasteiger partial charge >= 0.3 is 5.97 Å². The van der Waals surface area contributed by atoms with Crippen molar-refractivity contribution in [2.75, 3.05) is 26.2 Å². The van der Waals surface area contributed by atoms with Crippen molar-refractivity contribution < 1.29 is 14.0 Å². The predicted molar refractivity (Wildman–Crippen MR) is 89.2 cm³/mol. The van der Waals surface area contributed by atoms with Crippen LogP contribution in [-0.2, 0) is 9.53 Å². The van der Waals surface area contributed by atoms with Gasteiger partial charge in [-0.2, -0.15) is 0 Å². The van der Waals surface area contributed by atoms with Crippen molar-refractivity contribution in [3.05, 3.63) is 0 Å². The number of halogens is 1. The summed E-state index contributed by atoms with van der Waals surface area (Å²) in [7, 11) is 0. The third-order valence-corrected chi connectivity index (χ3v) is 4.57. The Hall–Kier alpha value is -0.0900. The van der Waals surface area contributed by atoms with Crippen molar-refractivity contribution >= 4 is 21.9 Å². The SMILES string of the molecule is CCCCC(C[N+](CC)(CC)CC)OC(=O)C(C)(C)Br. The molecule has 1 unspecified atom stereocenters. The van der Waals surface area contributed by atoms with Crippen LogP contribution >= 0.6 is 15.9 Å². The van der Waals surface area contributed by atoms with Gasteiger partial charge in [-0.05, 0) is 47.5 Å². The van der Waals surface area contributed by atoms with E-state index in [-0.39, 0.29) is 12.1 Å². The van der Waals surface area contributed by atoms with Gasteiger partial charge in [0.1, 0.15) is 10.9 Å². The average Bonchev–Trinajstić information content (AvgIpc) is 2.41. The van der Waals surface area contributed by atoms with Crippen LogP contribution in [0.3, 0.4) is 0 Å². The van der Waals surface area contributed by atoms with E-state index in [0.29, 0.717) is 0 Å². The Balaban J connectivity index is 4.83. The van der Waals surface area contributed by atoms with Crippen molar-refractivity contribution in [3.63, 3.8) is 0 Å². The lowest BCUT2D eigenvalue weighted by Gasteiger charge is -2.38. The van der Waals surface area contributed by atoms with Gasteiger partial charge < -0.3 is 9.22 Å². The van der Waals surface area contributed by atoms with Crippen molar-refractivity contribution in [3.8, 4) is 0 Å². The summed E-state index contributed by atoms with van der Waals surface area (Å²) in [5.41, 5.74) is 0. The number of esters is 1. The molecule has 0 aliphatic carbocycles.